The lowest BCUT2D eigenvalue weighted by Gasteiger charge is -2.23. The maximum atomic E-state index is 13.3. The number of fused-ring (bicyclic) bond motifs is 1. The fraction of sp³-hybridized carbons (Fsp3) is 0.379. The molecule has 1 saturated carbocycles. The van der Waals surface area contributed by atoms with E-state index in [1.165, 1.54) is 36.1 Å². The Balaban J connectivity index is 1.29. The van der Waals surface area contributed by atoms with Crippen LogP contribution in [0.1, 0.15) is 76.9 Å². The standard InChI is InChI=1S/C29H31ClN2O2S/c30-25-12-6-4-8-21(25)19-34-23-16-14-20(15-17-23)18-31-29-27(24-11-5-7-13-26(24)35-29)28(33)32-22-9-2-1-3-10-22/h4,6,8,12,14-18,22H,1-3,5,7,9-11,13,19H2,(H,32,33)/b31-18-. The van der Waals surface area contributed by atoms with Crippen molar-refractivity contribution in [1.29, 1.82) is 0 Å². The molecule has 0 unspecified atom stereocenters. The van der Waals surface area contributed by atoms with E-state index >= 15 is 0 Å². The summed E-state index contributed by atoms with van der Waals surface area (Å²) >= 11 is 7.90. The van der Waals surface area contributed by atoms with Crippen LogP contribution in [0.25, 0.3) is 0 Å². The highest BCUT2D eigenvalue weighted by molar-refractivity contribution is 7.16. The molecule has 0 atom stereocenters. The van der Waals surface area contributed by atoms with Crippen LogP contribution < -0.4 is 10.1 Å². The van der Waals surface area contributed by atoms with Gasteiger partial charge in [-0.3, -0.25) is 4.79 Å². The van der Waals surface area contributed by atoms with Crippen molar-refractivity contribution in [2.75, 3.05) is 0 Å². The van der Waals surface area contributed by atoms with Gasteiger partial charge in [0.2, 0.25) is 0 Å². The molecule has 4 nitrogen and oxygen atoms in total. The second-order valence-electron chi connectivity index (χ2n) is 9.41. The minimum Gasteiger partial charge on any atom is -0.489 e. The monoisotopic (exact) mass is 506 g/mol. The Morgan fingerprint density at radius 1 is 1.03 bits per heavy atom. The molecule has 1 heterocycles. The van der Waals surface area contributed by atoms with Crippen molar-refractivity contribution in [3.63, 3.8) is 0 Å². The number of benzene rings is 2. The summed E-state index contributed by atoms with van der Waals surface area (Å²) in [5.41, 5.74) is 3.97. The maximum Gasteiger partial charge on any atom is 0.254 e. The zero-order valence-corrected chi connectivity index (χ0v) is 21.5. The zero-order chi connectivity index (χ0) is 24.0. The molecular weight excluding hydrogens is 476 g/mol. The molecule has 0 aliphatic heterocycles. The maximum absolute atomic E-state index is 13.3. The molecule has 2 aliphatic carbocycles. The molecule has 0 saturated heterocycles. The number of aliphatic imine (C=N–C) groups is 1. The second-order valence-corrected chi connectivity index (χ2v) is 10.9. The van der Waals surface area contributed by atoms with Crippen LogP contribution in [-0.2, 0) is 19.4 Å². The molecule has 0 radical (unpaired) electrons. The van der Waals surface area contributed by atoms with Gasteiger partial charge in [0.15, 0.2) is 0 Å². The smallest absolute Gasteiger partial charge is 0.254 e. The van der Waals surface area contributed by atoms with Crippen molar-refractivity contribution in [2.24, 2.45) is 4.99 Å². The minimum absolute atomic E-state index is 0.0618. The summed E-state index contributed by atoms with van der Waals surface area (Å²) in [6.07, 6.45) is 12.1. The number of nitrogens with zero attached hydrogens (tertiary/aromatic N) is 1. The van der Waals surface area contributed by atoms with Crippen molar-refractivity contribution in [1.82, 2.24) is 5.32 Å². The summed E-state index contributed by atoms with van der Waals surface area (Å²) in [7, 11) is 0. The molecule has 3 aromatic rings. The summed E-state index contributed by atoms with van der Waals surface area (Å²) in [6, 6.07) is 15.8. The van der Waals surface area contributed by atoms with E-state index in [0.29, 0.717) is 17.7 Å². The first-order valence-electron chi connectivity index (χ1n) is 12.6. The number of hydrogen-bond acceptors (Lipinski definition) is 4. The van der Waals surface area contributed by atoms with Crippen LogP contribution in [0.2, 0.25) is 5.02 Å². The van der Waals surface area contributed by atoms with Gasteiger partial charge in [-0.25, -0.2) is 4.99 Å². The number of nitrogens with one attached hydrogen (secondary N) is 1. The average Bonchev–Trinajstić information content (AvgIpc) is 3.27. The predicted molar refractivity (Wildman–Crippen MR) is 145 cm³/mol. The van der Waals surface area contributed by atoms with E-state index in [1.807, 2.05) is 54.7 Å². The number of rotatable bonds is 7. The normalized spacial score (nSPS) is 16.3. The van der Waals surface area contributed by atoms with Gasteiger partial charge >= 0.3 is 0 Å². The Morgan fingerprint density at radius 2 is 1.80 bits per heavy atom. The van der Waals surface area contributed by atoms with Gasteiger partial charge in [0.1, 0.15) is 17.4 Å². The van der Waals surface area contributed by atoms with Gasteiger partial charge < -0.3 is 10.1 Å². The summed E-state index contributed by atoms with van der Waals surface area (Å²) in [6.45, 7) is 0.424. The Labute approximate surface area is 216 Å². The molecule has 0 bridgehead atoms. The molecule has 1 N–H and O–H groups in total. The van der Waals surface area contributed by atoms with E-state index in [1.54, 1.807) is 11.3 Å². The van der Waals surface area contributed by atoms with Gasteiger partial charge in [-0.2, -0.15) is 0 Å². The first-order valence-corrected chi connectivity index (χ1v) is 13.8. The SMILES string of the molecule is O=C(NC1CCCCC1)c1c(/N=C\c2ccc(OCc3ccccc3Cl)cc2)sc2c1CCCC2. The number of hydrogen-bond donors (Lipinski definition) is 1. The van der Waals surface area contributed by atoms with Crippen molar-refractivity contribution in [2.45, 2.75) is 70.4 Å². The van der Waals surface area contributed by atoms with E-state index in [0.717, 1.165) is 59.5 Å². The van der Waals surface area contributed by atoms with Crippen LogP contribution >= 0.6 is 22.9 Å². The van der Waals surface area contributed by atoms with E-state index in [2.05, 4.69) is 5.32 Å². The number of ether oxygens (including phenoxy) is 1. The molecule has 1 aromatic heterocycles. The molecule has 2 aromatic carbocycles. The van der Waals surface area contributed by atoms with Crippen LogP contribution in [0.4, 0.5) is 5.00 Å². The van der Waals surface area contributed by atoms with Crippen molar-refractivity contribution >= 4 is 40.1 Å². The fourth-order valence-corrected chi connectivity index (χ4v) is 6.36. The highest BCUT2D eigenvalue weighted by atomic mass is 35.5. The summed E-state index contributed by atoms with van der Waals surface area (Å²) < 4.78 is 5.89. The highest BCUT2D eigenvalue weighted by Gasteiger charge is 2.27. The summed E-state index contributed by atoms with van der Waals surface area (Å²) in [5, 5.41) is 4.86. The lowest BCUT2D eigenvalue weighted by molar-refractivity contribution is 0.0927. The molecule has 6 heteroatoms. The largest absolute Gasteiger partial charge is 0.489 e. The third-order valence-electron chi connectivity index (χ3n) is 6.88. The quantitative estimate of drug-likeness (QED) is 0.334. The molecule has 5 rings (SSSR count). The van der Waals surface area contributed by atoms with Crippen LogP contribution in [0.15, 0.2) is 53.5 Å². The molecule has 35 heavy (non-hydrogen) atoms. The van der Waals surface area contributed by atoms with Crippen molar-refractivity contribution in [3.05, 3.63) is 80.7 Å². The number of carbonyl (C=O) groups is 1. The molecule has 1 fully saturated rings. The first kappa shape index (κ1) is 24.1. The van der Waals surface area contributed by atoms with Crippen LogP contribution in [0.3, 0.4) is 0 Å². The third kappa shape index (κ3) is 5.96. The van der Waals surface area contributed by atoms with Crippen molar-refractivity contribution < 1.29 is 9.53 Å². The Hall–Kier alpha value is -2.63. The van der Waals surface area contributed by atoms with Gasteiger partial charge in [0.05, 0.1) is 5.56 Å². The van der Waals surface area contributed by atoms with Gasteiger partial charge in [0.25, 0.3) is 5.91 Å². The van der Waals surface area contributed by atoms with Gasteiger partial charge in [-0.15, -0.1) is 11.3 Å². The highest BCUT2D eigenvalue weighted by Crippen LogP contribution is 2.40. The van der Waals surface area contributed by atoms with Gasteiger partial charge in [0, 0.05) is 27.7 Å². The number of thiophene rings is 1. The van der Waals surface area contributed by atoms with Gasteiger partial charge in [-0.1, -0.05) is 49.1 Å². The minimum atomic E-state index is 0.0618. The number of aryl methyl sites for hydroxylation is 1. The summed E-state index contributed by atoms with van der Waals surface area (Å²) in [4.78, 5) is 19.5. The van der Waals surface area contributed by atoms with E-state index in [-0.39, 0.29) is 5.91 Å². The second kappa shape index (κ2) is 11.4. The Kier molecular flexibility index (Phi) is 7.85. The predicted octanol–water partition coefficient (Wildman–Crippen LogP) is 7.67. The Morgan fingerprint density at radius 3 is 2.60 bits per heavy atom. The molecule has 182 valence electrons. The van der Waals surface area contributed by atoms with Crippen LogP contribution in [-0.4, -0.2) is 18.2 Å². The summed E-state index contributed by atoms with van der Waals surface area (Å²) in [5.74, 6) is 0.841. The van der Waals surface area contributed by atoms with E-state index in [9.17, 15) is 4.79 Å². The number of amides is 1. The molecule has 2 aliphatic rings. The average molecular weight is 507 g/mol. The number of halogens is 1. The van der Waals surface area contributed by atoms with Crippen LogP contribution in [0.5, 0.6) is 5.75 Å². The lowest BCUT2D eigenvalue weighted by atomic mass is 9.93. The fourth-order valence-electron chi connectivity index (χ4n) is 4.94. The third-order valence-corrected chi connectivity index (χ3v) is 8.45. The Bertz CT molecular complexity index is 1200. The zero-order valence-electron chi connectivity index (χ0n) is 19.9. The number of carbonyl (C=O) groups excluding carboxylic acids is 1. The van der Waals surface area contributed by atoms with Crippen LogP contribution in [0, 0.1) is 0 Å². The van der Waals surface area contributed by atoms with Crippen molar-refractivity contribution in [3.8, 4) is 5.75 Å². The molecule has 0 spiro atoms. The first-order chi connectivity index (χ1) is 17.2. The lowest BCUT2D eigenvalue weighted by Crippen LogP contribution is -2.36. The topological polar surface area (TPSA) is 50.7 Å². The van der Waals surface area contributed by atoms with Gasteiger partial charge in [-0.05, 0) is 80.0 Å². The van der Waals surface area contributed by atoms with E-state index in [4.69, 9.17) is 21.3 Å². The molecule has 1 amide bonds. The van der Waals surface area contributed by atoms with E-state index < -0.39 is 0 Å². The molecular formula is C29H31ClN2O2S.